The van der Waals surface area contributed by atoms with Gasteiger partial charge in [0.2, 0.25) is 5.88 Å². The molecular weight excluding hydrogens is 392 g/mol. The highest BCUT2D eigenvalue weighted by Crippen LogP contribution is 2.25. The molecule has 0 aliphatic rings. The van der Waals surface area contributed by atoms with Crippen LogP contribution in [-0.2, 0) is 11.8 Å². The molecule has 0 radical (unpaired) electrons. The van der Waals surface area contributed by atoms with Crippen molar-refractivity contribution in [2.45, 2.75) is 45.4 Å². The summed E-state index contributed by atoms with van der Waals surface area (Å²) in [5.74, 6) is 1.90. The highest BCUT2D eigenvalue weighted by molar-refractivity contribution is 5.58. The molecule has 0 aliphatic carbocycles. The normalized spacial score (nSPS) is 11.7. The van der Waals surface area contributed by atoms with Crippen LogP contribution in [0.2, 0.25) is 0 Å². The van der Waals surface area contributed by atoms with Crippen LogP contribution >= 0.6 is 0 Å². The first-order valence-corrected chi connectivity index (χ1v) is 10.4. The summed E-state index contributed by atoms with van der Waals surface area (Å²) in [7, 11) is 0. The van der Waals surface area contributed by atoms with Crippen molar-refractivity contribution in [2.75, 3.05) is 6.61 Å². The molecule has 0 amide bonds. The number of benzene rings is 1. The van der Waals surface area contributed by atoms with Crippen LogP contribution in [0, 0.1) is 0 Å². The van der Waals surface area contributed by atoms with Crippen LogP contribution in [0.5, 0.6) is 5.88 Å². The Balaban J connectivity index is 1.50. The van der Waals surface area contributed by atoms with E-state index in [9.17, 15) is 4.79 Å². The van der Waals surface area contributed by atoms with Crippen molar-refractivity contribution in [1.29, 1.82) is 0 Å². The number of nitrogens with zero attached hydrogens (tertiary/aromatic N) is 5. The second kappa shape index (κ2) is 8.67. The average Bonchev–Trinajstić information content (AvgIpc) is 3.14. The summed E-state index contributed by atoms with van der Waals surface area (Å²) in [6.07, 6.45) is 7.15. The van der Waals surface area contributed by atoms with Crippen LogP contribution in [0.1, 0.15) is 45.0 Å². The van der Waals surface area contributed by atoms with E-state index in [1.54, 1.807) is 23.1 Å². The number of nitrogens with one attached hydrogen (secondary N) is 1. The number of rotatable bonds is 7. The minimum Gasteiger partial charge on any atom is -0.477 e. The Kier molecular flexibility index (Phi) is 5.79. The zero-order valence-corrected chi connectivity index (χ0v) is 18.0. The van der Waals surface area contributed by atoms with E-state index in [4.69, 9.17) is 9.72 Å². The van der Waals surface area contributed by atoms with Crippen LogP contribution in [0.25, 0.3) is 17.0 Å². The number of aryl methyl sites for hydroxylation is 1. The van der Waals surface area contributed by atoms with Gasteiger partial charge in [0.15, 0.2) is 11.5 Å². The number of hydrogen-bond acceptors (Lipinski definition) is 6. The Bertz CT molecular complexity index is 1210. The predicted octanol–water partition coefficient (Wildman–Crippen LogP) is 3.57. The van der Waals surface area contributed by atoms with E-state index in [1.165, 1.54) is 11.6 Å². The number of hydrogen-bond donors (Lipinski definition) is 1. The minimum atomic E-state index is -0.193. The molecule has 4 aromatic rings. The number of fused-ring (bicyclic) bond motifs is 1. The van der Waals surface area contributed by atoms with Gasteiger partial charge in [-0.15, -0.1) is 0 Å². The molecule has 0 saturated heterocycles. The molecule has 8 heteroatoms. The predicted molar refractivity (Wildman–Crippen MR) is 118 cm³/mol. The lowest BCUT2D eigenvalue weighted by atomic mass is 9.87. The second-order valence-electron chi connectivity index (χ2n) is 8.45. The van der Waals surface area contributed by atoms with Crippen molar-refractivity contribution >= 4 is 5.65 Å². The molecule has 0 atom stereocenters. The van der Waals surface area contributed by atoms with Gasteiger partial charge in [0.05, 0.1) is 12.8 Å². The summed E-state index contributed by atoms with van der Waals surface area (Å²) < 4.78 is 7.26. The van der Waals surface area contributed by atoms with E-state index in [-0.39, 0.29) is 11.0 Å². The maximum atomic E-state index is 11.9. The Morgan fingerprint density at radius 1 is 1.06 bits per heavy atom. The molecule has 3 heterocycles. The van der Waals surface area contributed by atoms with E-state index in [1.807, 2.05) is 12.1 Å². The minimum absolute atomic E-state index is 0.0792. The first kappa shape index (κ1) is 20.7. The lowest BCUT2D eigenvalue weighted by Gasteiger charge is -2.19. The molecule has 1 N–H and O–H groups in total. The smallest absolute Gasteiger partial charge is 0.266 e. The third-order valence-electron chi connectivity index (χ3n) is 5.02. The summed E-state index contributed by atoms with van der Waals surface area (Å²) in [6, 6.07) is 9.78. The van der Waals surface area contributed by atoms with Gasteiger partial charge in [-0.2, -0.15) is 0 Å². The molecular formula is C23H26N6O2. The van der Waals surface area contributed by atoms with Gasteiger partial charge in [0, 0.05) is 30.4 Å². The fourth-order valence-corrected chi connectivity index (χ4v) is 3.30. The maximum absolute atomic E-state index is 11.9. The Labute approximate surface area is 180 Å². The summed E-state index contributed by atoms with van der Waals surface area (Å²) in [5.41, 5.74) is 2.63. The number of H-pyrrole nitrogens is 1. The van der Waals surface area contributed by atoms with Crippen LogP contribution in [0.4, 0.5) is 0 Å². The molecule has 1 aromatic carbocycles. The van der Waals surface area contributed by atoms with Gasteiger partial charge in [-0.05, 0) is 23.8 Å². The molecule has 3 aromatic heterocycles. The second-order valence-corrected chi connectivity index (χ2v) is 8.45. The molecule has 0 bridgehead atoms. The SMILES string of the molecule is CC(C)(C)c1ccc(-c2nc(CCCCOc3cnccn3)n3[nH]c(=O)cc3n2)cc1. The van der Waals surface area contributed by atoms with E-state index in [2.05, 4.69) is 53.0 Å². The van der Waals surface area contributed by atoms with Gasteiger partial charge in [0.1, 0.15) is 5.82 Å². The highest BCUT2D eigenvalue weighted by atomic mass is 16.5. The van der Waals surface area contributed by atoms with Crippen molar-refractivity contribution in [2.24, 2.45) is 0 Å². The molecule has 0 aliphatic heterocycles. The molecule has 160 valence electrons. The van der Waals surface area contributed by atoms with Gasteiger partial charge < -0.3 is 4.74 Å². The molecule has 0 spiro atoms. The van der Waals surface area contributed by atoms with Crippen LogP contribution in [0.3, 0.4) is 0 Å². The van der Waals surface area contributed by atoms with Crippen molar-refractivity contribution in [3.8, 4) is 17.3 Å². The van der Waals surface area contributed by atoms with Gasteiger partial charge in [0.25, 0.3) is 5.56 Å². The topological polar surface area (TPSA) is 98.1 Å². The maximum Gasteiger partial charge on any atom is 0.266 e. The largest absolute Gasteiger partial charge is 0.477 e. The molecule has 0 saturated carbocycles. The molecule has 0 fully saturated rings. The van der Waals surface area contributed by atoms with Crippen LogP contribution in [-0.4, -0.2) is 36.2 Å². The van der Waals surface area contributed by atoms with Crippen LogP contribution in [0.15, 0.2) is 53.7 Å². The fraction of sp³-hybridized carbons (Fsp3) is 0.348. The monoisotopic (exact) mass is 418 g/mol. The summed E-state index contributed by atoms with van der Waals surface area (Å²) >= 11 is 0. The van der Waals surface area contributed by atoms with E-state index < -0.39 is 0 Å². The quantitative estimate of drug-likeness (QED) is 0.461. The van der Waals surface area contributed by atoms with Crippen molar-refractivity contribution in [3.63, 3.8) is 0 Å². The highest BCUT2D eigenvalue weighted by Gasteiger charge is 2.15. The van der Waals surface area contributed by atoms with Crippen LogP contribution < -0.4 is 10.3 Å². The summed E-state index contributed by atoms with van der Waals surface area (Å²) in [4.78, 5) is 29.3. The van der Waals surface area contributed by atoms with Crippen molar-refractivity contribution in [1.82, 2.24) is 29.5 Å². The Morgan fingerprint density at radius 3 is 2.58 bits per heavy atom. The standard InChI is InChI=1S/C23H26N6O2/c1-23(2,3)17-9-7-16(8-10-17)22-26-18(29-19(27-22)14-20(30)28-29)6-4-5-13-31-21-15-24-11-12-25-21/h7-12,14-15H,4-6,13H2,1-3H3,(H,28,30). The first-order chi connectivity index (χ1) is 14.9. The molecule has 0 unspecified atom stereocenters. The summed E-state index contributed by atoms with van der Waals surface area (Å²) in [6.45, 7) is 7.09. The van der Waals surface area contributed by atoms with Gasteiger partial charge >= 0.3 is 0 Å². The zero-order chi connectivity index (χ0) is 21.8. The molecule has 31 heavy (non-hydrogen) atoms. The summed E-state index contributed by atoms with van der Waals surface area (Å²) in [5, 5.41) is 2.79. The zero-order valence-electron chi connectivity index (χ0n) is 18.0. The van der Waals surface area contributed by atoms with Gasteiger partial charge in [-0.25, -0.2) is 19.5 Å². The third-order valence-corrected chi connectivity index (χ3v) is 5.02. The number of unbranched alkanes of at least 4 members (excludes halogenated alkanes) is 1. The van der Waals surface area contributed by atoms with Crippen molar-refractivity contribution < 1.29 is 4.74 Å². The molecule has 4 rings (SSSR count). The number of aromatic nitrogens is 6. The van der Waals surface area contributed by atoms with Gasteiger partial charge in [-0.3, -0.25) is 14.9 Å². The Hall–Kier alpha value is -3.55. The lowest BCUT2D eigenvalue weighted by molar-refractivity contribution is 0.293. The van der Waals surface area contributed by atoms with Crippen molar-refractivity contribution in [3.05, 3.63) is 70.7 Å². The number of aromatic amines is 1. The number of ether oxygens (including phenoxy) is 1. The van der Waals surface area contributed by atoms with E-state index in [0.717, 1.165) is 24.2 Å². The lowest BCUT2D eigenvalue weighted by Crippen LogP contribution is -2.11. The fourth-order valence-electron chi connectivity index (χ4n) is 3.30. The van der Waals surface area contributed by atoms with E-state index >= 15 is 0 Å². The molecule has 8 nitrogen and oxygen atoms in total. The average molecular weight is 419 g/mol. The Morgan fingerprint density at radius 2 is 1.87 bits per heavy atom. The third kappa shape index (κ3) is 4.96. The first-order valence-electron chi connectivity index (χ1n) is 10.4. The van der Waals surface area contributed by atoms with E-state index in [0.29, 0.717) is 30.4 Å². The van der Waals surface area contributed by atoms with Gasteiger partial charge in [-0.1, -0.05) is 45.0 Å².